The highest BCUT2D eigenvalue weighted by Gasteiger charge is 2.18. The predicted octanol–water partition coefficient (Wildman–Crippen LogP) is 4.26. The molecule has 0 fully saturated rings. The van der Waals surface area contributed by atoms with Crippen molar-refractivity contribution in [3.8, 4) is 17.1 Å². The van der Waals surface area contributed by atoms with Crippen molar-refractivity contribution < 1.29 is 4.74 Å². The summed E-state index contributed by atoms with van der Waals surface area (Å²) >= 11 is 0. The van der Waals surface area contributed by atoms with E-state index in [2.05, 4.69) is 27.6 Å². The zero-order valence-electron chi connectivity index (χ0n) is 14.1. The van der Waals surface area contributed by atoms with Crippen LogP contribution in [0.3, 0.4) is 0 Å². The number of imidazole rings is 1. The minimum Gasteiger partial charge on any atom is -0.476 e. The number of nitrogens with zero attached hydrogens (tertiary/aromatic N) is 3. The lowest BCUT2D eigenvalue weighted by Crippen LogP contribution is -2.09. The molecule has 0 bridgehead atoms. The normalized spacial score (nSPS) is 11.2. The molecule has 0 unspecified atom stereocenters. The number of H-pyrrole nitrogens is 1. The molecule has 126 valence electrons. The highest BCUT2D eigenvalue weighted by molar-refractivity contribution is 5.79. The highest BCUT2D eigenvalue weighted by atomic mass is 16.5. The lowest BCUT2D eigenvalue weighted by Gasteiger charge is -2.14. The van der Waals surface area contributed by atoms with Crippen LogP contribution in [0.1, 0.15) is 13.8 Å². The second kappa shape index (κ2) is 6.32. The quantitative estimate of drug-likeness (QED) is 0.573. The van der Waals surface area contributed by atoms with Crippen molar-refractivity contribution in [2.45, 2.75) is 20.0 Å². The summed E-state index contributed by atoms with van der Waals surface area (Å²) in [6.07, 6.45) is 1.77. The molecule has 4 rings (SSSR count). The molecule has 4 aromatic rings. The Hall–Kier alpha value is -3.28. The number of nitrogens with one attached hydrogen (secondary N) is 2. The van der Waals surface area contributed by atoms with E-state index in [9.17, 15) is 0 Å². The fourth-order valence-corrected chi connectivity index (χ4v) is 2.80. The molecule has 3 heterocycles. The topological polar surface area (TPSA) is 67.2 Å². The van der Waals surface area contributed by atoms with Crippen LogP contribution in [0.15, 0.2) is 60.8 Å². The third kappa shape index (κ3) is 2.94. The van der Waals surface area contributed by atoms with Gasteiger partial charge in [-0.05, 0) is 26.0 Å². The second-order valence-electron chi connectivity index (χ2n) is 5.99. The Balaban J connectivity index is 1.95. The van der Waals surface area contributed by atoms with Crippen LogP contribution in [-0.4, -0.2) is 25.7 Å². The van der Waals surface area contributed by atoms with Gasteiger partial charge in [0, 0.05) is 11.6 Å². The van der Waals surface area contributed by atoms with Crippen molar-refractivity contribution in [1.29, 1.82) is 0 Å². The van der Waals surface area contributed by atoms with Crippen molar-refractivity contribution in [2.24, 2.45) is 0 Å². The Morgan fingerprint density at radius 1 is 1.04 bits per heavy atom. The van der Waals surface area contributed by atoms with Gasteiger partial charge in [0.25, 0.3) is 0 Å². The molecule has 6 heteroatoms. The smallest absolute Gasteiger partial charge is 0.200 e. The molecule has 3 aromatic heterocycles. The van der Waals surface area contributed by atoms with Crippen LogP contribution < -0.4 is 10.1 Å². The number of hydrogen-bond acceptors (Lipinski definition) is 4. The van der Waals surface area contributed by atoms with Crippen molar-refractivity contribution >= 4 is 17.3 Å². The lowest BCUT2D eigenvalue weighted by molar-refractivity contribution is 0.230. The fourth-order valence-electron chi connectivity index (χ4n) is 2.80. The molecule has 0 radical (unpaired) electrons. The molecule has 0 spiro atoms. The van der Waals surface area contributed by atoms with Crippen LogP contribution in [-0.2, 0) is 0 Å². The second-order valence-corrected chi connectivity index (χ2v) is 5.99. The van der Waals surface area contributed by atoms with Crippen LogP contribution in [0, 0.1) is 0 Å². The molecular formula is C19H19N5O. The maximum atomic E-state index is 6.01. The summed E-state index contributed by atoms with van der Waals surface area (Å²) in [6, 6.07) is 17.9. The number of hydrogen-bond donors (Lipinski definition) is 2. The van der Waals surface area contributed by atoms with Crippen molar-refractivity contribution in [3.63, 3.8) is 0 Å². The Morgan fingerprint density at radius 2 is 1.88 bits per heavy atom. The summed E-state index contributed by atoms with van der Waals surface area (Å²) in [5.74, 6) is 2.29. The summed E-state index contributed by atoms with van der Waals surface area (Å²) in [7, 11) is 0. The number of ether oxygens (including phenoxy) is 1. The molecular weight excluding hydrogens is 314 g/mol. The summed E-state index contributed by atoms with van der Waals surface area (Å²) in [5.41, 5.74) is 2.82. The van der Waals surface area contributed by atoms with Gasteiger partial charge in [-0.25, -0.2) is 4.98 Å². The summed E-state index contributed by atoms with van der Waals surface area (Å²) in [4.78, 5) is 4.76. The number of aromatic nitrogens is 4. The molecule has 0 aliphatic heterocycles. The highest BCUT2D eigenvalue weighted by Crippen LogP contribution is 2.34. The van der Waals surface area contributed by atoms with Crippen LogP contribution >= 0.6 is 0 Å². The van der Waals surface area contributed by atoms with Crippen molar-refractivity contribution in [1.82, 2.24) is 19.6 Å². The predicted molar refractivity (Wildman–Crippen MR) is 98.3 cm³/mol. The zero-order valence-corrected chi connectivity index (χ0v) is 14.1. The number of rotatable bonds is 5. The third-order valence-corrected chi connectivity index (χ3v) is 3.77. The van der Waals surface area contributed by atoms with E-state index in [0.29, 0.717) is 0 Å². The van der Waals surface area contributed by atoms with E-state index in [0.717, 1.165) is 34.4 Å². The Bertz CT molecular complexity index is 974. The Kier molecular flexibility index (Phi) is 3.85. The number of pyridine rings is 1. The van der Waals surface area contributed by atoms with Crippen molar-refractivity contribution in [3.05, 3.63) is 60.8 Å². The van der Waals surface area contributed by atoms with Gasteiger partial charge in [0.1, 0.15) is 17.2 Å². The Morgan fingerprint density at radius 3 is 2.60 bits per heavy atom. The van der Waals surface area contributed by atoms with E-state index in [1.165, 1.54) is 0 Å². The molecule has 1 aromatic carbocycles. The van der Waals surface area contributed by atoms with Gasteiger partial charge in [-0.15, -0.1) is 0 Å². The minimum absolute atomic E-state index is 0.0700. The van der Waals surface area contributed by atoms with Gasteiger partial charge in [-0.3, -0.25) is 9.50 Å². The van der Waals surface area contributed by atoms with E-state index in [4.69, 9.17) is 9.72 Å². The minimum atomic E-state index is 0.0700. The molecule has 0 atom stereocenters. The average Bonchev–Trinajstić information content (AvgIpc) is 3.23. The molecule has 25 heavy (non-hydrogen) atoms. The number of anilines is 2. The molecule has 2 N–H and O–H groups in total. The third-order valence-electron chi connectivity index (χ3n) is 3.77. The van der Waals surface area contributed by atoms with Gasteiger partial charge in [0.15, 0.2) is 11.7 Å². The first kappa shape index (κ1) is 15.3. The first-order valence-electron chi connectivity index (χ1n) is 8.22. The van der Waals surface area contributed by atoms with Gasteiger partial charge >= 0.3 is 0 Å². The van der Waals surface area contributed by atoms with Gasteiger partial charge in [0.05, 0.1) is 12.3 Å². The number of benzene rings is 1. The molecule has 0 aliphatic rings. The molecule has 0 saturated carbocycles. The van der Waals surface area contributed by atoms with Gasteiger partial charge < -0.3 is 10.1 Å². The lowest BCUT2D eigenvalue weighted by atomic mass is 10.1. The molecule has 0 saturated heterocycles. The van der Waals surface area contributed by atoms with E-state index in [1.807, 2.05) is 60.7 Å². The van der Waals surface area contributed by atoms with Crippen LogP contribution in [0.4, 0.5) is 11.6 Å². The van der Waals surface area contributed by atoms with E-state index < -0.39 is 0 Å². The monoisotopic (exact) mass is 333 g/mol. The maximum Gasteiger partial charge on any atom is 0.200 e. The number of fused-ring (bicyclic) bond motifs is 1. The van der Waals surface area contributed by atoms with E-state index >= 15 is 0 Å². The van der Waals surface area contributed by atoms with Crippen LogP contribution in [0.2, 0.25) is 0 Å². The van der Waals surface area contributed by atoms with Gasteiger partial charge in [-0.1, -0.05) is 36.4 Å². The van der Waals surface area contributed by atoms with E-state index in [-0.39, 0.29) is 6.10 Å². The summed E-state index contributed by atoms with van der Waals surface area (Å²) in [5, 5.41) is 10.2. The van der Waals surface area contributed by atoms with Crippen molar-refractivity contribution in [2.75, 3.05) is 5.32 Å². The van der Waals surface area contributed by atoms with Crippen LogP contribution in [0.5, 0.6) is 5.88 Å². The SMILES string of the molecule is CC(C)Oc1cccc2nc(Nc3ccn[nH]3)c(-c3ccccc3)n12. The fraction of sp³-hybridized carbons (Fsp3) is 0.158. The summed E-state index contributed by atoms with van der Waals surface area (Å²) < 4.78 is 8.05. The average molecular weight is 333 g/mol. The maximum absolute atomic E-state index is 6.01. The number of aromatic amines is 1. The van der Waals surface area contributed by atoms with Gasteiger partial charge in [-0.2, -0.15) is 5.10 Å². The summed E-state index contributed by atoms with van der Waals surface area (Å²) in [6.45, 7) is 4.03. The van der Waals surface area contributed by atoms with Crippen LogP contribution in [0.25, 0.3) is 16.9 Å². The van der Waals surface area contributed by atoms with Gasteiger partial charge in [0.2, 0.25) is 0 Å². The molecule has 6 nitrogen and oxygen atoms in total. The Labute approximate surface area is 145 Å². The molecule has 0 amide bonds. The largest absolute Gasteiger partial charge is 0.476 e. The first-order valence-corrected chi connectivity index (χ1v) is 8.22. The van der Waals surface area contributed by atoms with E-state index in [1.54, 1.807) is 6.20 Å². The molecule has 0 aliphatic carbocycles. The standard InChI is InChI=1S/C19H19N5O/c1-13(2)25-17-10-6-9-16-22-19(21-15-11-12-20-23-15)18(24(16)17)14-7-4-3-5-8-14/h3-13H,1-2H3,(H2,20,21,23). The first-order chi connectivity index (χ1) is 12.2. The zero-order chi connectivity index (χ0) is 17.2.